The number of carbonyl (C=O) groups is 2. The normalized spacial score (nSPS) is 24.1. The van der Waals surface area contributed by atoms with E-state index in [9.17, 15) is 14.7 Å². The summed E-state index contributed by atoms with van der Waals surface area (Å²) in [6.45, 7) is 8.27. The van der Waals surface area contributed by atoms with Gasteiger partial charge in [-0.3, -0.25) is 9.59 Å². The number of carbonyl (C=O) groups excluding carboxylic acids is 2. The number of amides is 1. The van der Waals surface area contributed by atoms with E-state index in [1.54, 1.807) is 48.5 Å². The number of piperidine rings is 3. The van der Waals surface area contributed by atoms with Gasteiger partial charge in [-0.15, -0.1) is 0 Å². The van der Waals surface area contributed by atoms with Crippen LogP contribution in [-0.2, 0) is 19.9 Å². The molecule has 34 heavy (non-hydrogen) atoms. The number of nitrogens with zero attached hydrogens (tertiary/aromatic N) is 1. The van der Waals surface area contributed by atoms with Gasteiger partial charge in [0.1, 0.15) is 6.54 Å². The van der Waals surface area contributed by atoms with Gasteiger partial charge in [-0.05, 0) is 11.1 Å². The van der Waals surface area contributed by atoms with Gasteiger partial charge in [0, 0.05) is 43.2 Å². The molecule has 3 saturated heterocycles. The quantitative estimate of drug-likeness (QED) is 0.352. The first-order valence-electron chi connectivity index (χ1n) is 12.5. The predicted octanol–water partition coefficient (Wildman–Crippen LogP) is 2.61. The van der Waals surface area contributed by atoms with E-state index in [1.165, 1.54) is 0 Å². The standard InChI is InChI=1S/C28H36N2O4/c1-21(2)26(31)29-16-9-17-30-18-14-22(15-19-30)25(20-30)34-27(32)28(33,23-10-5-3-6-11-23)24-12-7-4-8-13-24/h3-8,10-13,21-22,25H,9,14-20H2,1-2H3,(H,29,31). The van der Waals surface area contributed by atoms with Crippen LogP contribution in [-0.4, -0.2) is 55.2 Å². The van der Waals surface area contributed by atoms with E-state index in [2.05, 4.69) is 5.32 Å². The largest absolute Gasteiger partial charge is 0.834 e. The molecule has 1 amide bonds. The second kappa shape index (κ2) is 10.3. The van der Waals surface area contributed by atoms with Crippen LogP contribution in [0.2, 0.25) is 0 Å². The van der Waals surface area contributed by atoms with E-state index in [0.717, 1.165) is 49.9 Å². The zero-order valence-corrected chi connectivity index (χ0v) is 20.2. The van der Waals surface area contributed by atoms with Crippen LogP contribution >= 0.6 is 0 Å². The molecule has 0 saturated carbocycles. The molecule has 3 aliphatic rings. The van der Waals surface area contributed by atoms with Crippen molar-refractivity contribution in [3.63, 3.8) is 0 Å². The lowest BCUT2D eigenvalue weighted by Gasteiger charge is -2.53. The van der Waals surface area contributed by atoms with Crippen molar-refractivity contribution in [2.24, 2.45) is 11.8 Å². The molecule has 0 radical (unpaired) electrons. The van der Waals surface area contributed by atoms with Crippen molar-refractivity contribution in [1.82, 2.24) is 5.32 Å². The number of benzene rings is 2. The monoisotopic (exact) mass is 464 g/mol. The third kappa shape index (κ3) is 5.03. The molecule has 5 rings (SSSR count). The Balaban J connectivity index is 1.46. The number of ether oxygens (including phenoxy) is 1. The fourth-order valence-electron chi connectivity index (χ4n) is 5.47. The van der Waals surface area contributed by atoms with Gasteiger partial charge in [-0.1, -0.05) is 74.5 Å². The molecule has 1 atom stereocenters. The molecule has 6 nitrogen and oxygen atoms in total. The third-order valence-electron chi connectivity index (χ3n) is 7.58. The number of esters is 1. The first kappa shape index (κ1) is 24.4. The minimum Gasteiger partial charge on any atom is -0.834 e. The molecule has 1 unspecified atom stereocenters. The van der Waals surface area contributed by atoms with E-state index in [-0.39, 0.29) is 17.9 Å². The number of hydrogen-bond donors (Lipinski definition) is 1. The van der Waals surface area contributed by atoms with E-state index < -0.39 is 11.6 Å². The molecular formula is C28H36N2O4. The molecule has 0 aliphatic carbocycles. The van der Waals surface area contributed by atoms with Crippen LogP contribution in [0.5, 0.6) is 0 Å². The molecule has 3 heterocycles. The summed E-state index contributed by atoms with van der Waals surface area (Å²) in [6.07, 6.45) is 2.64. The molecule has 2 bridgehead atoms. The Hall–Kier alpha value is -2.70. The topological polar surface area (TPSA) is 78.5 Å². The highest BCUT2D eigenvalue weighted by Gasteiger charge is 2.48. The molecule has 2 aromatic carbocycles. The average Bonchev–Trinajstić information content (AvgIpc) is 2.87. The second-order valence-electron chi connectivity index (χ2n) is 10.2. The molecule has 182 valence electrons. The third-order valence-corrected chi connectivity index (χ3v) is 7.58. The van der Waals surface area contributed by atoms with Gasteiger partial charge < -0.3 is 19.6 Å². The van der Waals surface area contributed by atoms with Crippen LogP contribution in [0.25, 0.3) is 0 Å². The van der Waals surface area contributed by atoms with Gasteiger partial charge in [-0.25, -0.2) is 0 Å². The van der Waals surface area contributed by atoms with Gasteiger partial charge in [0.2, 0.25) is 5.91 Å². The van der Waals surface area contributed by atoms with Crippen molar-refractivity contribution >= 4 is 11.9 Å². The SMILES string of the molecule is CC(C)C(=O)NCCC[N+]12CCC(CC1)C(OC(=O)C([O-])(c1ccccc1)c1ccccc1)C2. The lowest BCUT2D eigenvalue weighted by molar-refractivity contribution is -0.946. The maximum atomic E-state index is 14.2. The lowest BCUT2D eigenvalue weighted by Crippen LogP contribution is -2.65. The Morgan fingerprint density at radius 2 is 1.59 bits per heavy atom. The van der Waals surface area contributed by atoms with Crippen LogP contribution in [0.1, 0.15) is 44.2 Å². The van der Waals surface area contributed by atoms with Crippen molar-refractivity contribution in [2.45, 2.75) is 44.8 Å². The average molecular weight is 465 g/mol. The number of nitrogens with one attached hydrogen (secondary N) is 1. The van der Waals surface area contributed by atoms with Crippen LogP contribution in [0.4, 0.5) is 0 Å². The first-order chi connectivity index (χ1) is 16.3. The van der Waals surface area contributed by atoms with Gasteiger partial charge in [-0.2, -0.15) is 0 Å². The zero-order valence-electron chi connectivity index (χ0n) is 20.2. The highest BCUT2D eigenvalue weighted by atomic mass is 16.6. The number of hydrogen-bond acceptors (Lipinski definition) is 4. The highest BCUT2D eigenvalue weighted by molar-refractivity contribution is 5.85. The lowest BCUT2D eigenvalue weighted by atomic mass is 9.82. The molecular weight excluding hydrogens is 428 g/mol. The van der Waals surface area contributed by atoms with Crippen molar-refractivity contribution in [2.75, 3.05) is 32.7 Å². The second-order valence-corrected chi connectivity index (χ2v) is 10.2. The van der Waals surface area contributed by atoms with Crippen molar-refractivity contribution in [3.8, 4) is 0 Å². The summed E-state index contributed by atoms with van der Waals surface area (Å²) in [5, 5.41) is 17.2. The fraction of sp³-hybridized carbons (Fsp3) is 0.500. The predicted molar refractivity (Wildman–Crippen MR) is 128 cm³/mol. The molecule has 2 aromatic rings. The smallest absolute Gasteiger partial charge is 0.304 e. The Morgan fingerprint density at radius 1 is 1.03 bits per heavy atom. The fourth-order valence-corrected chi connectivity index (χ4v) is 5.47. The maximum absolute atomic E-state index is 14.2. The summed E-state index contributed by atoms with van der Waals surface area (Å²) >= 11 is 0. The van der Waals surface area contributed by atoms with Crippen LogP contribution in [0.3, 0.4) is 0 Å². The molecule has 0 aromatic heterocycles. The minimum absolute atomic E-state index is 0.0110. The number of quaternary nitrogens is 1. The van der Waals surface area contributed by atoms with E-state index >= 15 is 0 Å². The van der Waals surface area contributed by atoms with Crippen molar-refractivity contribution in [1.29, 1.82) is 0 Å². The first-order valence-corrected chi connectivity index (χ1v) is 12.5. The molecule has 3 aliphatic heterocycles. The molecule has 6 heteroatoms. The maximum Gasteiger partial charge on any atom is 0.304 e. The number of rotatable bonds is 9. The Morgan fingerprint density at radius 3 is 2.12 bits per heavy atom. The summed E-state index contributed by atoms with van der Waals surface area (Å²) in [5.74, 6) is -0.340. The highest BCUT2D eigenvalue weighted by Crippen LogP contribution is 2.37. The Bertz CT molecular complexity index is 929. The van der Waals surface area contributed by atoms with E-state index in [4.69, 9.17) is 4.74 Å². The summed E-state index contributed by atoms with van der Waals surface area (Å²) < 4.78 is 6.96. The van der Waals surface area contributed by atoms with Gasteiger partial charge in [0.15, 0.2) is 6.10 Å². The van der Waals surface area contributed by atoms with E-state index in [0.29, 0.717) is 23.6 Å². The van der Waals surface area contributed by atoms with Crippen molar-refractivity contribution < 1.29 is 23.9 Å². The summed E-state index contributed by atoms with van der Waals surface area (Å²) in [6, 6.07) is 17.6. The molecule has 1 N–H and O–H groups in total. The summed E-state index contributed by atoms with van der Waals surface area (Å²) in [4.78, 5) is 25.4. The van der Waals surface area contributed by atoms with Crippen LogP contribution in [0, 0.1) is 11.8 Å². The summed E-state index contributed by atoms with van der Waals surface area (Å²) in [5.41, 5.74) is -1.30. The number of fused-ring (bicyclic) bond motifs is 3. The molecule has 0 spiro atoms. The summed E-state index contributed by atoms with van der Waals surface area (Å²) in [7, 11) is 0. The van der Waals surface area contributed by atoms with Gasteiger partial charge >= 0.3 is 5.97 Å². The van der Waals surface area contributed by atoms with Crippen molar-refractivity contribution in [3.05, 3.63) is 71.8 Å². The Kier molecular flexibility index (Phi) is 7.39. The van der Waals surface area contributed by atoms with Gasteiger partial charge in [0.25, 0.3) is 0 Å². The van der Waals surface area contributed by atoms with Crippen LogP contribution < -0.4 is 10.4 Å². The van der Waals surface area contributed by atoms with Gasteiger partial charge in [0.05, 0.1) is 19.6 Å². The molecule has 3 fully saturated rings. The Labute approximate surface area is 202 Å². The van der Waals surface area contributed by atoms with E-state index in [1.807, 2.05) is 26.0 Å². The zero-order chi connectivity index (χ0) is 24.2. The van der Waals surface area contributed by atoms with Crippen LogP contribution in [0.15, 0.2) is 60.7 Å². The minimum atomic E-state index is -2.10.